The molecule has 0 radical (unpaired) electrons. The van der Waals surface area contributed by atoms with E-state index >= 15 is 0 Å². The molecule has 0 saturated heterocycles. The molecule has 1 N–H and O–H groups in total. The van der Waals surface area contributed by atoms with E-state index < -0.39 is 12.4 Å². The van der Waals surface area contributed by atoms with Crippen LogP contribution in [-0.2, 0) is 5.41 Å². The molecule has 1 aliphatic rings. The minimum atomic E-state index is -0.515. The Hall–Kier alpha value is -1.35. The van der Waals surface area contributed by atoms with Crippen LogP contribution in [0.1, 0.15) is 25.3 Å². The SMILES string of the molecule is CCOc1ccc(C2(C=C(F)CO)CC2)cc1. The van der Waals surface area contributed by atoms with Crippen molar-refractivity contribution in [3.63, 3.8) is 0 Å². The van der Waals surface area contributed by atoms with Gasteiger partial charge in [-0.3, -0.25) is 0 Å². The summed E-state index contributed by atoms with van der Waals surface area (Å²) in [4.78, 5) is 0. The standard InChI is InChI=1S/C14H17FO2/c1-2-17-13-5-3-11(4-6-13)14(7-8-14)9-12(15)10-16/h3-6,9,16H,2,7-8,10H2,1H3. The van der Waals surface area contributed by atoms with Crippen LogP contribution < -0.4 is 4.74 Å². The third kappa shape index (κ3) is 2.67. The first-order valence-electron chi connectivity index (χ1n) is 5.91. The zero-order valence-corrected chi connectivity index (χ0v) is 9.95. The maximum atomic E-state index is 13.1. The molecule has 1 aromatic rings. The lowest BCUT2D eigenvalue weighted by molar-refractivity contribution is 0.296. The maximum absolute atomic E-state index is 13.1. The van der Waals surface area contributed by atoms with Gasteiger partial charge in [-0.1, -0.05) is 12.1 Å². The minimum absolute atomic E-state index is 0.197. The van der Waals surface area contributed by atoms with Crippen LogP contribution in [0, 0.1) is 0 Å². The lowest BCUT2D eigenvalue weighted by Crippen LogP contribution is -2.04. The first-order valence-corrected chi connectivity index (χ1v) is 5.91. The molecule has 1 aliphatic carbocycles. The van der Waals surface area contributed by atoms with Gasteiger partial charge in [-0.05, 0) is 43.5 Å². The average molecular weight is 236 g/mol. The van der Waals surface area contributed by atoms with Gasteiger partial charge in [0.05, 0.1) is 13.2 Å². The summed E-state index contributed by atoms with van der Waals surface area (Å²) in [6.07, 6.45) is 3.42. The summed E-state index contributed by atoms with van der Waals surface area (Å²) in [5.41, 5.74) is 0.891. The highest BCUT2D eigenvalue weighted by molar-refractivity contribution is 5.40. The average Bonchev–Trinajstić information content (AvgIpc) is 3.11. The Bertz CT molecular complexity index is 405. The minimum Gasteiger partial charge on any atom is -0.494 e. The fourth-order valence-corrected chi connectivity index (χ4v) is 2.05. The number of aliphatic hydroxyl groups excluding tert-OH is 1. The number of allylic oxidation sites excluding steroid dienone is 1. The van der Waals surface area contributed by atoms with Gasteiger partial charge in [-0.25, -0.2) is 4.39 Å². The smallest absolute Gasteiger partial charge is 0.122 e. The van der Waals surface area contributed by atoms with Crippen LogP contribution in [0.25, 0.3) is 0 Å². The molecule has 0 aromatic heterocycles. The van der Waals surface area contributed by atoms with Crippen molar-refractivity contribution in [3.8, 4) is 5.75 Å². The van der Waals surface area contributed by atoms with E-state index in [9.17, 15) is 4.39 Å². The van der Waals surface area contributed by atoms with Gasteiger partial charge >= 0.3 is 0 Å². The Kier molecular flexibility index (Phi) is 3.48. The molecule has 1 saturated carbocycles. The highest BCUT2D eigenvalue weighted by Gasteiger charge is 2.42. The number of aliphatic hydroxyl groups is 1. The predicted molar refractivity (Wildman–Crippen MR) is 64.8 cm³/mol. The van der Waals surface area contributed by atoms with Crippen LogP contribution in [0.5, 0.6) is 5.75 Å². The Morgan fingerprint density at radius 3 is 2.53 bits per heavy atom. The fourth-order valence-electron chi connectivity index (χ4n) is 2.05. The summed E-state index contributed by atoms with van der Waals surface area (Å²) < 4.78 is 18.5. The Balaban J connectivity index is 2.17. The van der Waals surface area contributed by atoms with E-state index in [2.05, 4.69) is 0 Å². The number of hydrogen-bond acceptors (Lipinski definition) is 2. The van der Waals surface area contributed by atoms with Crippen molar-refractivity contribution in [1.82, 2.24) is 0 Å². The summed E-state index contributed by atoms with van der Waals surface area (Å²) in [6.45, 7) is 2.07. The molecule has 1 aromatic carbocycles. The molecule has 1 fully saturated rings. The van der Waals surface area contributed by atoms with E-state index in [4.69, 9.17) is 9.84 Å². The van der Waals surface area contributed by atoms with Crippen molar-refractivity contribution in [2.45, 2.75) is 25.2 Å². The maximum Gasteiger partial charge on any atom is 0.122 e. The van der Waals surface area contributed by atoms with E-state index in [0.29, 0.717) is 6.61 Å². The topological polar surface area (TPSA) is 29.5 Å². The summed E-state index contributed by atoms with van der Waals surface area (Å²) >= 11 is 0. The number of hydrogen-bond donors (Lipinski definition) is 1. The van der Waals surface area contributed by atoms with Gasteiger partial charge in [0.2, 0.25) is 0 Å². The third-order valence-corrected chi connectivity index (χ3v) is 3.11. The quantitative estimate of drug-likeness (QED) is 0.851. The van der Waals surface area contributed by atoms with E-state index in [-0.39, 0.29) is 5.41 Å². The van der Waals surface area contributed by atoms with E-state index in [1.807, 2.05) is 31.2 Å². The summed E-state index contributed by atoms with van der Waals surface area (Å²) in [5.74, 6) is 0.384. The summed E-state index contributed by atoms with van der Waals surface area (Å²) in [5, 5.41) is 8.72. The molecule has 0 bridgehead atoms. The van der Waals surface area contributed by atoms with Crippen molar-refractivity contribution in [1.29, 1.82) is 0 Å². The molecule has 92 valence electrons. The number of halogens is 1. The van der Waals surface area contributed by atoms with Crippen molar-refractivity contribution >= 4 is 0 Å². The molecule has 0 atom stereocenters. The van der Waals surface area contributed by atoms with Gasteiger partial charge in [-0.2, -0.15) is 0 Å². The third-order valence-electron chi connectivity index (χ3n) is 3.11. The monoisotopic (exact) mass is 236 g/mol. The van der Waals surface area contributed by atoms with Crippen LogP contribution in [0.4, 0.5) is 4.39 Å². The van der Waals surface area contributed by atoms with Crippen molar-refractivity contribution in [3.05, 3.63) is 41.7 Å². The number of rotatable bonds is 5. The number of ether oxygens (including phenoxy) is 1. The van der Waals surface area contributed by atoms with Gasteiger partial charge in [-0.15, -0.1) is 0 Å². The fraction of sp³-hybridized carbons (Fsp3) is 0.429. The van der Waals surface area contributed by atoms with E-state index in [1.165, 1.54) is 0 Å². The van der Waals surface area contributed by atoms with Crippen LogP contribution in [0.15, 0.2) is 36.2 Å². The lowest BCUT2D eigenvalue weighted by Gasteiger charge is -2.12. The first-order chi connectivity index (χ1) is 8.20. The molecular formula is C14H17FO2. The zero-order chi connectivity index (χ0) is 12.3. The van der Waals surface area contributed by atoms with E-state index in [1.54, 1.807) is 6.08 Å². The molecule has 0 heterocycles. The normalized spacial score (nSPS) is 17.9. The van der Waals surface area contributed by atoms with Gasteiger partial charge in [0.15, 0.2) is 0 Å². The second kappa shape index (κ2) is 4.88. The Morgan fingerprint density at radius 2 is 2.06 bits per heavy atom. The van der Waals surface area contributed by atoms with Gasteiger partial charge in [0, 0.05) is 5.41 Å². The van der Waals surface area contributed by atoms with Crippen LogP contribution in [0.3, 0.4) is 0 Å². The predicted octanol–water partition coefficient (Wildman–Crippen LogP) is 2.96. The van der Waals surface area contributed by atoms with E-state index in [0.717, 1.165) is 24.2 Å². The molecule has 0 aliphatic heterocycles. The largest absolute Gasteiger partial charge is 0.494 e. The lowest BCUT2D eigenvalue weighted by atomic mass is 9.95. The number of benzene rings is 1. The summed E-state index contributed by atoms with van der Waals surface area (Å²) in [6, 6.07) is 7.76. The van der Waals surface area contributed by atoms with Crippen LogP contribution >= 0.6 is 0 Å². The highest BCUT2D eigenvalue weighted by atomic mass is 19.1. The molecule has 2 rings (SSSR count). The molecule has 0 unspecified atom stereocenters. The van der Waals surface area contributed by atoms with Crippen molar-refractivity contribution in [2.24, 2.45) is 0 Å². The molecule has 3 heteroatoms. The van der Waals surface area contributed by atoms with Gasteiger partial charge in [0.1, 0.15) is 11.6 Å². The van der Waals surface area contributed by atoms with Crippen molar-refractivity contribution < 1.29 is 14.2 Å². The Morgan fingerprint density at radius 1 is 1.41 bits per heavy atom. The van der Waals surface area contributed by atoms with Gasteiger partial charge < -0.3 is 9.84 Å². The van der Waals surface area contributed by atoms with Crippen molar-refractivity contribution in [2.75, 3.05) is 13.2 Å². The zero-order valence-electron chi connectivity index (χ0n) is 9.95. The molecule has 2 nitrogen and oxygen atoms in total. The highest BCUT2D eigenvalue weighted by Crippen LogP contribution is 2.50. The second-order valence-corrected chi connectivity index (χ2v) is 4.36. The van der Waals surface area contributed by atoms with Crippen LogP contribution in [0.2, 0.25) is 0 Å². The second-order valence-electron chi connectivity index (χ2n) is 4.36. The molecular weight excluding hydrogens is 219 g/mol. The van der Waals surface area contributed by atoms with Gasteiger partial charge in [0.25, 0.3) is 0 Å². The molecule has 0 amide bonds. The molecule has 0 spiro atoms. The van der Waals surface area contributed by atoms with Crippen LogP contribution in [-0.4, -0.2) is 18.3 Å². The first kappa shape index (κ1) is 12.1. The Labute approximate surface area is 101 Å². The molecule has 17 heavy (non-hydrogen) atoms. The summed E-state index contributed by atoms with van der Waals surface area (Å²) in [7, 11) is 0.